The monoisotopic (exact) mass is 468 g/mol. The summed E-state index contributed by atoms with van der Waals surface area (Å²) in [6.45, 7) is 12.6. The van der Waals surface area contributed by atoms with Crippen molar-refractivity contribution in [3.05, 3.63) is 78.4 Å². The Kier molecular flexibility index (Phi) is 11.6. The molecule has 2 aromatic carbocycles. The van der Waals surface area contributed by atoms with Crippen molar-refractivity contribution in [2.45, 2.75) is 20.5 Å². The van der Waals surface area contributed by atoms with Crippen molar-refractivity contribution in [2.24, 2.45) is 0 Å². The summed E-state index contributed by atoms with van der Waals surface area (Å²) in [4.78, 5) is 22.9. The minimum atomic E-state index is -0.421. The Bertz CT molecular complexity index is 980. The van der Waals surface area contributed by atoms with Crippen molar-refractivity contribution in [1.82, 2.24) is 0 Å². The van der Waals surface area contributed by atoms with Gasteiger partial charge in [-0.2, -0.15) is 0 Å². The quantitative estimate of drug-likeness (QED) is 0.216. The lowest BCUT2D eigenvalue weighted by atomic mass is 10.0. The molecule has 0 unspecified atom stereocenters. The van der Waals surface area contributed by atoms with Gasteiger partial charge in [0.2, 0.25) is 0 Å². The highest BCUT2D eigenvalue weighted by Crippen LogP contribution is 2.30. The second-order valence-corrected chi connectivity index (χ2v) is 7.54. The van der Waals surface area contributed by atoms with Gasteiger partial charge >= 0.3 is 11.9 Å². The van der Waals surface area contributed by atoms with Gasteiger partial charge in [0.25, 0.3) is 0 Å². The van der Waals surface area contributed by atoms with E-state index in [0.29, 0.717) is 44.2 Å². The first kappa shape index (κ1) is 26.8. The molecule has 0 bridgehead atoms. The second kappa shape index (κ2) is 14.7. The molecule has 0 heterocycles. The van der Waals surface area contributed by atoms with Gasteiger partial charge < -0.3 is 23.7 Å². The average molecular weight is 469 g/mol. The van der Waals surface area contributed by atoms with E-state index in [2.05, 4.69) is 13.2 Å². The van der Waals surface area contributed by atoms with E-state index in [1.807, 2.05) is 48.5 Å². The van der Waals surface area contributed by atoms with Gasteiger partial charge in [-0.05, 0) is 37.1 Å². The summed E-state index contributed by atoms with van der Waals surface area (Å²) in [5.41, 5.74) is 3.50. The summed E-state index contributed by atoms with van der Waals surface area (Å²) in [5, 5.41) is 0. The number of hydrogen-bond donors (Lipinski definition) is 0. The van der Waals surface area contributed by atoms with E-state index < -0.39 is 11.9 Å². The van der Waals surface area contributed by atoms with E-state index in [0.717, 1.165) is 22.4 Å². The number of carbonyl (C=O) groups excluding carboxylic acids is 2. The lowest BCUT2D eigenvalue weighted by Crippen LogP contribution is -2.14. The molecule has 0 aromatic heterocycles. The molecule has 0 saturated carbocycles. The van der Waals surface area contributed by atoms with Crippen LogP contribution in [0.5, 0.6) is 5.75 Å². The van der Waals surface area contributed by atoms with Gasteiger partial charge in [0.05, 0.1) is 26.4 Å². The highest BCUT2D eigenvalue weighted by Gasteiger charge is 2.09. The van der Waals surface area contributed by atoms with Crippen molar-refractivity contribution < 1.29 is 33.3 Å². The van der Waals surface area contributed by atoms with E-state index >= 15 is 0 Å². The van der Waals surface area contributed by atoms with Crippen LogP contribution in [0, 0.1) is 0 Å². The minimum absolute atomic E-state index is 0.175. The molecule has 0 spiro atoms. The normalized spacial score (nSPS) is 10.4. The Morgan fingerprint density at radius 3 is 2.06 bits per heavy atom. The van der Waals surface area contributed by atoms with Crippen molar-refractivity contribution in [2.75, 3.05) is 39.6 Å². The molecule has 34 heavy (non-hydrogen) atoms. The fraction of sp³-hybridized carbons (Fsp3) is 0.333. The standard InChI is InChI=1S/C27H32O7/c1-20(2)26(28)33-17-15-31-13-12-30-14-16-32-25-11-6-5-10-24(25)23-9-7-8-22(18-23)19-34-27(29)21(3)4/h5-11,18H,1,3,12-17,19H2,2,4H3. The molecule has 0 N–H and O–H groups in total. The largest absolute Gasteiger partial charge is 0.491 e. The lowest BCUT2D eigenvalue weighted by molar-refractivity contribution is -0.141. The van der Waals surface area contributed by atoms with Gasteiger partial charge in [-0.15, -0.1) is 0 Å². The van der Waals surface area contributed by atoms with Crippen LogP contribution in [0.25, 0.3) is 11.1 Å². The van der Waals surface area contributed by atoms with Crippen molar-refractivity contribution >= 4 is 11.9 Å². The fourth-order valence-electron chi connectivity index (χ4n) is 2.78. The number of ether oxygens (including phenoxy) is 5. The van der Waals surface area contributed by atoms with Crippen molar-refractivity contribution in [3.8, 4) is 16.9 Å². The molecule has 0 saturated heterocycles. The highest BCUT2D eigenvalue weighted by molar-refractivity contribution is 5.87. The zero-order chi connectivity index (χ0) is 24.8. The Morgan fingerprint density at radius 1 is 0.735 bits per heavy atom. The molecule has 0 aliphatic rings. The first-order chi connectivity index (χ1) is 16.4. The van der Waals surface area contributed by atoms with Gasteiger partial charge in [0.1, 0.15) is 25.6 Å². The number of hydrogen-bond acceptors (Lipinski definition) is 7. The molecule has 2 rings (SSSR count). The first-order valence-electron chi connectivity index (χ1n) is 11.0. The van der Waals surface area contributed by atoms with Crippen molar-refractivity contribution in [3.63, 3.8) is 0 Å². The predicted molar refractivity (Wildman–Crippen MR) is 129 cm³/mol. The van der Waals surface area contributed by atoms with E-state index in [4.69, 9.17) is 23.7 Å². The third kappa shape index (κ3) is 9.60. The van der Waals surface area contributed by atoms with Crippen molar-refractivity contribution in [1.29, 1.82) is 0 Å². The maximum atomic E-state index is 11.6. The Labute approximate surface area is 200 Å². The third-order valence-corrected chi connectivity index (χ3v) is 4.51. The zero-order valence-electron chi connectivity index (χ0n) is 19.8. The molecule has 0 atom stereocenters. The van der Waals surface area contributed by atoms with Gasteiger partial charge in [0.15, 0.2) is 0 Å². The Hall–Kier alpha value is -3.42. The summed E-state index contributed by atoms with van der Waals surface area (Å²) < 4.78 is 27.0. The van der Waals surface area contributed by atoms with Crippen LogP contribution in [0.15, 0.2) is 72.8 Å². The van der Waals surface area contributed by atoms with Crippen LogP contribution >= 0.6 is 0 Å². The molecular weight excluding hydrogens is 436 g/mol. The van der Waals surface area contributed by atoms with Gasteiger partial charge in [0, 0.05) is 16.7 Å². The van der Waals surface area contributed by atoms with Crippen LogP contribution < -0.4 is 4.74 Å². The SMILES string of the molecule is C=C(C)C(=O)OCCOCCOCCOc1ccccc1-c1cccc(COC(=O)C(=C)C)c1. The first-order valence-corrected chi connectivity index (χ1v) is 11.0. The van der Waals surface area contributed by atoms with E-state index in [-0.39, 0.29) is 13.2 Å². The number of rotatable bonds is 15. The average Bonchev–Trinajstić information content (AvgIpc) is 2.83. The smallest absolute Gasteiger partial charge is 0.333 e. The molecule has 182 valence electrons. The summed E-state index contributed by atoms with van der Waals surface area (Å²) in [6, 6.07) is 15.5. The molecular formula is C27H32O7. The van der Waals surface area contributed by atoms with E-state index in [1.165, 1.54) is 0 Å². The lowest BCUT2D eigenvalue weighted by Gasteiger charge is -2.13. The third-order valence-electron chi connectivity index (χ3n) is 4.51. The summed E-state index contributed by atoms with van der Waals surface area (Å²) in [7, 11) is 0. The highest BCUT2D eigenvalue weighted by atomic mass is 16.6. The molecule has 0 amide bonds. The van der Waals surface area contributed by atoms with E-state index in [1.54, 1.807) is 13.8 Å². The Morgan fingerprint density at radius 2 is 1.35 bits per heavy atom. The maximum Gasteiger partial charge on any atom is 0.333 e. The summed E-state index contributed by atoms with van der Waals surface area (Å²) in [6.07, 6.45) is 0. The summed E-state index contributed by atoms with van der Waals surface area (Å²) >= 11 is 0. The van der Waals surface area contributed by atoms with Gasteiger partial charge in [-0.3, -0.25) is 0 Å². The zero-order valence-corrected chi connectivity index (χ0v) is 19.8. The van der Waals surface area contributed by atoms with Crippen LogP contribution in [0.1, 0.15) is 19.4 Å². The Balaban J connectivity index is 1.74. The topological polar surface area (TPSA) is 80.3 Å². The molecule has 7 nitrogen and oxygen atoms in total. The van der Waals surface area contributed by atoms with Crippen LogP contribution in [-0.4, -0.2) is 51.6 Å². The fourth-order valence-corrected chi connectivity index (χ4v) is 2.78. The predicted octanol–water partition coefficient (Wildman–Crippen LogP) is 4.50. The number of benzene rings is 2. The summed E-state index contributed by atoms with van der Waals surface area (Å²) in [5.74, 6) is -0.0984. The van der Waals surface area contributed by atoms with Crippen LogP contribution in [-0.2, 0) is 35.1 Å². The molecule has 0 fully saturated rings. The molecule has 0 radical (unpaired) electrons. The number of para-hydroxylation sites is 1. The van der Waals surface area contributed by atoms with Crippen LogP contribution in [0.3, 0.4) is 0 Å². The number of carbonyl (C=O) groups is 2. The van der Waals surface area contributed by atoms with E-state index in [9.17, 15) is 9.59 Å². The molecule has 0 aliphatic carbocycles. The molecule has 7 heteroatoms. The number of esters is 2. The molecule has 0 aliphatic heterocycles. The maximum absolute atomic E-state index is 11.6. The van der Waals surface area contributed by atoms with Crippen LogP contribution in [0.4, 0.5) is 0 Å². The van der Waals surface area contributed by atoms with Crippen LogP contribution in [0.2, 0.25) is 0 Å². The van der Waals surface area contributed by atoms with Gasteiger partial charge in [-0.25, -0.2) is 9.59 Å². The van der Waals surface area contributed by atoms with Gasteiger partial charge in [-0.1, -0.05) is 49.6 Å². The molecule has 2 aromatic rings. The second-order valence-electron chi connectivity index (χ2n) is 7.54. The minimum Gasteiger partial charge on any atom is -0.491 e.